The third-order valence-electron chi connectivity index (χ3n) is 2.49. The molecule has 0 radical (unpaired) electrons. The Hall–Kier alpha value is -2.25. The van der Waals surface area contributed by atoms with E-state index in [1.807, 2.05) is 43.6 Å². The Morgan fingerprint density at radius 1 is 1.32 bits per heavy atom. The number of benzene rings is 1. The van der Waals surface area contributed by atoms with Crippen molar-refractivity contribution >= 4 is 0 Å². The predicted molar refractivity (Wildman–Crippen MR) is 72.6 cm³/mol. The first-order valence-electron chi connectivity index (χ1n) is 6.09. The van der Waals surface area contributed by atoms with E-state index < -0.39 is 0 Å². The van der Waals surface area contributed by atoms with Crippen molar-refractivity contribution in [2.24, 2.45) is 7.05 Å². The second-order valence-electron chi connectivity index (χ2n) is 4.04. The van der Waals surface area contributed by atoms with Crippen molar-refractivity contribution < 1.29 is 9.84 Å². The number of hydrogen-bond donors (Lipinski definition) is 1. The normalized spacial score (nSPS) is 9.79. The molecular formula is C15H16N2O2. The van der Waals surface area contributed by atoms with Crippen molar-refractivity contribution in [2.45, 2.75) is 13.0 Å². The summed E-state index contributed by atoms with van der Waals surface area (Å²) in [6.07, 6.45) is 2.35. The van der Waals surface area contributed by atoms with Crippen molar-refractivity contribution in [3.8, 4) is 17.6 Å². The van der Waals surface area contributed by atoms with Crippen molar-refractivity contribution in [3.63, 3.8) is 0 Å². The standard InChI is InChI=1S/C15H16N2O2/c1-17-10-9-14(16-17)12-19-15-8-3-2-6-13(15)7-4-5-11-18/h2-3,6,8-10,18H,5,11-12H2,1H3. The average molecular weight is 256 g/mol. The molecule has 1 aromatic heterocycles. The maximum absolute atomic E-state index is 8.72. The van der Waals surface area contributed by atoms with Gasteiger partial charge in [0.25, 0.3) is 0 Å². The second kappa shape index (κ2) is 6.62. The highest BCUT2D eigenvalue weighted by atomic mass is 16.5. The lowest BCUT2D eigenvalue weighted by Crippen LogP contribution is -1.99. The number of aliphatic hydroxyl groups is 1. The van der Waals surface area contributed by atoms with E-state index in [0.717, 1.165) is 17.0 Å². The Morgan fingerprint density at radius 2 is 2.16 bits per heavy atom. The van der Waals surface area contributed by atoms with Gasteiger partial charge >= 0.3 is 0 Å². The molecule has 0 aliphatic rings. The minimum Gasteiger partial charge on any atom is -0.486 e. The van der Waals surface area contributed by atoms with Crippen LogP contribution >= 0.6 is 0 Å². The first kappa shape index (κ1) is 13.2. The molecule has 98 valence electrons. The van der Waals surface area contributed by atoms with Crippen LogP contribution < -0.4 is 4.74 Å². The van der Waals surface area contributed by atoms with E-state index in [1.54, 1.807) is 4.68 Å². The Morgan fingerprint density at radius 3 is 2.89 bits per heavy atom. The molecular weight excluding hydrogens is 240 g/mol. The SMILES string of the molecule is Cn1ccc(COc2ccccc2C#CCCO)n1. The first-order chi connectivity index (χ1) is 9.29. The molecule has 0 saturated carbocycles. The van der Waals surface area contributed by atoms with Crippen LogP contribution in [0.2, 0.25) is 0 Å². The number of para-hydroxylation sites is 1. The molecule has 4 nitrogen and oxygen atoms in total. The van der Waals surface area contributed by atoms with Gasteiger partial charge in [-0.1, -0.05) is 24.0 Å². The van der Waals surface area contributed by atoms with Gasteiger partial charge in [0.1, 0.15) is 12.4 Å². The summed E-state index contributed by atoms with van der Waals surface area (Å²) < 4.78 is 7.47. The fourth-order valence-corrected chi connectivity index (χ4v) is 1.60. The highest BCUT2D eigenvalue weighted by molar-refractivity contribution is 5.45. The van der Waals surface area contributed by atoms with Gasteiger partial charge in [0.15, 0.2) is 0 Å². The number of nitrogens with zero attached hydrogens (tertiary/aromatic N) is 2. The monoisotopic (exact) mass is 256 g/mol. The van der Waals surface area contributed by atoms with Gasteiger partial charge in [-0.15, -0.1) is 0 Å². The molecule has 19 heavy (non-hydrogen) atoms. The Balaban J connectivity index is 2.06. The van der Waals surface area contributed by atoms with E-state index in [4.69, 9.17) is 9.84 Å². The van der Waals surface area contributed by atoms with Crippen LogP contribution in [-0.2, 0) is 13.7 Å². The quantitative estimate of drug-likeness (QED) is 0.847. The van der Waals surface area contributed by atoms with Crippen LogP contribution in [0.3, 0.4) is 0 Å². The summed E-state index contributed by atoms with van der Waals surface area (Å²) in [6.45, 7) is 0.490. The summed E-state index contributed by atoms with van der Waals surface area (Å²) in [4.78, 5) is 0. The van der Waals surface area contributed by atoms with E-state index in [2.05, 4.69) is 16.9 Å². The molecule has 1 N–H and O–H groups in total. The highest BCUT2D eigenvalue weighted by Gasteiger charge is 2.02. The average Bonchev–Trinajstić information content (AvgIpc) is 2.84. The lowest BCUT2D eigenvalue weighted by atomic mass is 10.2. The maximum Gasteiger partial charge on any atom is 0.135 e. The van der Waals surface area contributed by atoms with Gasteiger partial charge in [0.2, 0.25) is 0 Å². The van der Waals surface area contributed by atoms with Crippen LogP contribution in [-0.4, -0.2) is 21.5 Å². The number of aryl methyl sites for hydroxylation is 1. The zero-order chi connectivity index (χ0) is 13.5. The molecule has 0 unspecified atom stereocenters. The summed E-state index contributed by atoms with van der Waals surface area (Å²) in [7, 11) is 1.87. The van der Waals surface area contributed by atoms with Gasteiger partial charge in [0, 0.05) is 19.7 Å². The molecule has 0 aliphatic heterocycles. The zero-order valence-corrected chi connectivity index (χ0v) is 10.8. The molecule has 0 aliphatic carbocycles. The second-order valence-corrected chi connectivity index (χ2v) is 4.04. The predicted octanol–water partition coefficient (Wildman–Crippen LogP) is 1.73. The number of aliphatic hydroxyl groups excluding tert-OH is 1. The molecule has 0 spiro atoms. The zero-order valence-electron chi connectivity index (χ0n) is 10.8. The molecule has 1 heterocycles. The summed E-state index contributed by atoms with van der Waals surface area (Å²) in [5.74, 6) is 6.62. The van der Waals surface area contributed by atoms with Gasteiger partial charge in [-0.3, -0.25) is 4.68 Å². The van der Waals surface area contributed by atoms with Crippen molar-refractivity contribution in [3.05, 3.63) is 47.8 Å². The Labute approximate surface area is 112 Å². The summed E-state index contributed by atoms with van der Waals surface area (Å²) in [5, 5.41) is 13.0. The molecule has 2 rings (SSSR count). The lowest BCUT2D eigenvalue weighted by molar-refractivity contribution is 0.299. The van der Waals surface area contributed by atoms with Crippen molar-refractivity contribution in [1.82, 2.24) is 9.78 Å². The van der Waals surface area contributed by atoms with E-state index in [0.29, 0.717) is 13.0 Å². The number of hydrogen-bond acceptors (Lipinski definition) is 3. The molecule has 0 atom stereocenters. The number of rotatable bonds is 4. The van der Waals surface area contributed by atoms with Gasteiger partial charge in [-0.05, 0) is 18.2 Å². The van der Waals surface area contributed by atoms with Crippen LogP contribution in [0.25, 0.3) is 0 Å². The fourth-order valence-electron chi connectivity index (χ4n) is 1.60. The molecule has 0 bridgehead atoms. The lowest BCUT2D eigenvalue weighted by Gasteiger charge is -2.06. The number of ether oxygens (including phenoxy) is 1. The van der Waals surface area contributed by atoms with E-state index in [-0.39, 0.29) is 6.61 Å². The van der Waals surface area contributed by atoms with Gasteiger partial charge < -0.3 is 9.84 Å². The molecule has 0 fully saturated rings. The van der Waals surface area contributed by atoms with Gasteiger partial charge in [-0.2, -0.15) is 5.10 Å². The summed E-state index contributed by atoms with van der Waals surface area (Å²) in [5.41, 5.74) is 1.70. The maximum atomic E-state index is 8.72. The van der Waals surface area contributed by atoms with Crippen LogP contribution in [0, 0.1) is 11.8 Å². The largest absolute Gasteiger partial charge is 0.486 e. The van der Waals surface area contributed by atoms with E-state index in [1.165, 1.54) is 0 Å². The molecule has 1 aromatic carbocycles. The smallest absolute Gasteiger partial charge is 0.135 e. The topological polar surface area (TPSA) is 47.3 Å². The fraction of sp³-hybridized carbons (Fsp3) is 0.267. The molecule has 4 heteroatoms. The van der Waals surface area contributed by atoms with Gasteiger partial charge in [0.05, 0.1) is 17.9 Å². The van der Waals surface area contributed by atoms with Gasteiger partial charge in [-0.25, -0.2) is 0 Å². The molecule has 2 aromatic rings. The minimum absolute atomic E-state index is 0.0734. The first-order valence-corrected chi connectivity index (χ1v) is 6.09. The minimum atomic E-state index is 0.0734. The van der Waals surface area contributed by atoms with E-state index >= 15 is 0 Å². The molecule has 0 saturated heterocycles. The Bertz CT molecular complexity index is 593. The van der Waals surface area contributed by atoms with Crippen LogP contribution in [0.4, 0.5) is 0 Å². The highest BCUT2D eigenvalue weighted by Crippen LogP contribution is 2.17. The third-order valence-corrected chi connectivity index (χ3v) is 2.49. The Kier molecular flexibility index (Phi) is 4.60. The van der Waals surface area contributed by atoms with Crippen LogP contribution in [0.1, 0.15) is 17.7 Å². The summed E-state index contributed by atoms with van der Waals surface area (Å²) in [6, 6.07) is 9.52. The van der Waals surface area contributed by atoms with Crippen molar-refractivity contribution in [2.75, 3.05) is 6.61 Å². The van der Waals surface area contributed by atoms with Crippen molar-refractivity contribution in [1.29, 1.82) is 0 Å². The van der Waals surface area contributed by atoms with E-state index in [9.17, 15) is 0 Å². The van der Waals surface area contributed by atoms with Crippen LogP contribution in [0.15, 0.2) is 36.5 Å². The van der Waals surface area contributed by atoms with Crippen LogP contribution in [0.5, 0.6) is 5.75 Å². The third kappa shape index (κ3) is 3.87. The molecule has 0 amide bonds. The summed E-state index contributed by atoms with van der Waals surface area (Å²) >= 11 is 0. The number of aromatic nitrogens is 2.